The lowest BCUT2D eigenvalue weighted by Gasteiger charge is -2.48. The van der Waals surface area contributed by atoms with Crippen LogP contribution in [0.2, 0.25) is 0 Å². The Hall–Kier alpha value is -4.11. The topological polar surface area (TPSA) is 223 Å². The number of carbonyl (C=O) groups is 5. The molecule has 10 atom stereocenters. The molecule has 2 saturated heterocycles. The van der Waals surface area contributed by atoms with Gasteiger partial charge in [-0.15, -0.1) is 0 Å². The van der Waals surface area contributed by atoms with Crippen molar-refractivity contribution in [3.05, 3.63) is 60.2 Å². The lowest BCUT2D eigenvalue weighted by atomic mass is 9.80. The SMILES string of the molecule is C=[13C](CC[13C@]12O[C@H]([13C](=O)O)[C@@](O)([13C](=O)O)[C@](C(=O)O)(O1)[C@H](O[13C](=O)/C=C/[C@@H](C)C[C@@H](C)CC)[C@H]2O)[13C@@H](O[13C](C)=O)[C@H](C)C[13c]1ccccc1. The molecular weight excluding hydrogens is 652 g/mol. The zero-order valence-corrected chi connectivity index (χ0v) is 28.2. The fourth-order valence-corrected chi connectivity index (χ4v) is 6.58. The number of allylic oxidation sites excluding steroid dienone is 1. The molecule has 0 saturated carbocycles. The van der Waals surface area contributed by atoms with Crippen LogP contribution in [0.1, 0.15) is 65.9 Å². The maximum Gasteiger partial charge on any atom is 0.344 e. The summed E-state index contributed by atoms with van der Waals surface area (Å²) < 4.78 is 22.0. The van der Waals surface area contributed by atoms with Gasteiger partial charge in [0, 0.05) is 25.3 Å². The van der Waals surface area contributed by atoms with E-state index in [4.69, 9.17) is 18.9 Å². The number of fused-ring (bicyclic) bond motifs is 2. The maximum atomic E-state index is 13.0. The second-order valence-corrected chi connectivity index (χ2v) is 13.1. The van der Waals surface area contributed by atoms with E-state index >= 15 is 0 Å². The van der Waals surface area contributed by atoms with E-state index in [1.165, 1.54) is 13.0 Å². The van der Waals surface area contributed by atoms with Crippen LogP contribution in [-0.2, 0) is 49.3 Å². The Morgan fingerprint density at radius 3 is 2.20 bits per heavy atom. The van der Waals surface area contributed by atoms with E-state index in [9.17, 15) is 49.5 Å². The summed E-state index contributed by atoms with van der Waals surface area (Å²) in [6.07, 6.45) is -4.83. The number of hydrogen-bond acceptors (Lipinski definition) is 11. The molecular formula is C35H46O14. The van der Waals surface area contributed by atoms with Crippen LogP contribution in [0, 0.1) is 17.8 Å². The van der Waals surface area contributed by atoms with Crippen LogP contribution in [-0.4, -0.2) is 96.8 Å². The molecule has 2 heterocycles. The monoisotopic (exact) mass is 698 g/mol. The highest BCUT2D eigenvalue weighted by atomic mass is 16.9. The number of carbonyl (C=O) groups excluding carboxylic acids is 2. The lowest BCUT2D eigenvalue weighted by molar-refractivity contribution is -0.374. The number of hydrogen-bond donors (Lipinski definition) is 5. The third-order valence-corrected chi connectivity index (χ3v) is 9.29. The fourth-order valence-electron chi connectivity index (χ4n) is 6.58. The van der Waals surface area contributed by atoms with Gasteiger partial charge in [-0.05, 0) is 42.2 Å². The van der Waals surface area contributed by atoms with Crippen LogP contribution >= 0.6 is 0 Å². The molecule has 5 N–H and O–H groups in total. The summed E-state index contributed by atoms with van der Waals surface area (Å²) in [5, 5.41) is 53.5. The molecule has 14 heteroatoms. The number of ether oxygens (including phenoxy) is 4. The molecule has 1 aromatic rings. The number of aliphatic hydroxyl groups excluding tert-OH is 1. The first-order chi connectivity index (χ1) is 22.9. The molecule has 0 amide bonds. The molecule has 1 aromatic carbocycles. The number of esters is 2. The number of aliphatic hydroxyl groups is 2. The van der Waals surface area contributed by atoms with Gasteiger partial charge in [0.05, 0.1) is 0 Å². The Kier molecular flexibility index (Phi) is 12.5. The Balaban J connectivity index is 2.02. The molecule has 2 aliphatic heterocycles. The molecule has 0 radical (unpaired) electrons. The van der Waals surface area contributed by atoms with Gasteiger partial charge in [0.25, 0.3) is 0 Å². The summed E-state index contributed by atoms with van der Waals surface area (Å²) >= 11 is 0. The highest BCUT2D eigenvalue weighted by Crippen LogP contribution is 2.56. The predicted molar refractivity (Wildman–Crippen MR) is 171 cm³/mol. The summed E-state index contributed by atoms with van der Waals surface area (Å²) in [4.78, 5) is 63.0. The Morgan fingerprint density at radius 2 is 1.67 bits per heavy atom. The largest absolute Gasteiger partial charge is 0.479 e. The molecule has 49 heavy (non-hydrogen) atoms. The number of carboxylic acid groups (broad SMARTS) is 3. The standard InChI is InChI=1S/C35H46O14/c1-7-19(2)17-20(3)13-14-25(37)47-28-27(38)33(48-29(30(39)40)34(45,31(41)42)35(28,49-33)32(43)44)16-15-21(4)26(46-23(6)36)22(5)18-24-11-9-8-10-12-24/h8-14,19-20,22,26-29,38,45H,4,7,15-18H2,1-3,5-6H3,(H,39,40)(H,41,42)(H,43,44)/b14-13+/t19-,20+,22+,26+,27+,28+,29+,33-,34+,35-/m0/s1/i21+1,23+1,24+1,25+1,26+1,30+1,31+1,33+1. The highest BCUT2D eigenvalue weighted by molar-refractivity contribution is 5.98. The van der Waals surface area contributed by atoms with E-state index in [0.29, 0.717) is 18.8 Å². The van der Waals surface area contributed by atoms with Gasteiger partial charge < -0.3 is 44.5 Å². The third-order valence-electron chi connectivity index (χ3n) is 9.29. The average molecular weight is 699 g/mol. The molecule has 0 aromatic heterocycles. The summed E-state index contributed by atoms with van der Waals surface area (Å²) in [5.74, 6) is -11.3. The van der Waals surface area contributed by atoms with Crippen molar-refractivity contribution in [2.45, 2.75) is 108 Å². The van der Waals surface area contributed by atoms with Gasteiger partial charge in [-0.1, -0.05) is 77.1 Å². The van der Waals surface area contributed by atoms with Crippen molar-refractivity contribution < 1.29 is 68.5 Å². The first-order valence-corrected chi connectivity index (χ1v) is 16.1. The van der Waals surface area contributed by atoms with E-state index in [-0.39, 0.29) is 23.8 Å². The molecule has 14 nitrogen and oxygen atoms in total. The van der Waals surface area contributed by atoms with Crippen molar-refractivity contribution in [2.24, 2.45) is 17.8 Å². The molecule has 3 rings (SSSR count). The van der Waals surface area contributed by atoms with E-state index in [1.807, 2.05) is 51.1 Å². The van der Waals surface area contributed by atoms with Crippen molar-refractivity contribution in [2.75, 3.05) is 0 Å². The van der Waals surface area contributed by atoms with Gasteiger partial charge in [-0.3, -0.25) is 4.79 Å². The summed E-state index contributed by atoms with van der Waals surface area (Å²) in [7, 11) is 0. The highest BCUT2D eigenvalue weighted by Gasteiger charge is 2.85. The summed E-state index contributed by atoms with van der Waals surface area (Å²) in [6, 6.07) is 9.29. The maximum absolute atomic E-state index is 13.0. The number of rotatable bonds is 17. The molecule has 0 aliphatic carbocycles. The summed E-state index contributed by atoms with van der Waals surface area (Å²) in [5.41, 5.74) is -6.27. The van der Waals surface area contributed by atoms with Crippen LogP contribution in [0.25, 0.3) is 0 Å². The van der Waals surface area contributed by atoms with Crippen LogP contribution in [0.3, 0.4) is 0 Å². The number of carboxylic acids is 3. The quantitative estimate of drug-likeness (QED) is 0.0683. The Morgan fingerprint density at radius 1 is 1.04 bits per heavy atom. The van der Waals surface area contributed by atoms with Gasteiger partial charge in [-0.25, -0.2) is 19.2 Å². The van der Waals surface area contributed by atoms with E-state index < -0.39 is 77.7 Å². The smallest absolute Gasteiger partial charge is 0.344 e. The second-order valence-electron chi connectivity index (χ2n) is 13.1. The third kappa shape index (κ3) is 7.88. The second kappa shape index (κ2) is 15.6. The van der Waals surface area contributed by atoms with Crippen molar-refractivity contribution in [3.8, 4) is 0 Å². The van der Waals surface area contributed by atoms with E-state index in [2.05, 4.69) is 6.58 Å². The molecule has 0 spiro atoms. The molecule has 2 aliphatic rings. The minimum Gasteiger partial charge on any atom is -0.479 e. The van der Waals surface area contributed by atoms with Crippen molar-refractivity contribution in [1.82, 2.24) is 0 Å². The number of aliphatic carboxylic acids is 3. The minimum absolute atomic E-state index is 0.123. The molecule has 2 bridgehead atoms. The van der Waals surface area contributed by atoms with E-state index in [1.54, 1.807) is 6.92 Å². The fraction of sp³-hybridized carbons (Fsp3) is 0.571. The molecule has 2 fully saturated rings. The zero-order valence-electron chi connectivity index (χ0n) is 28.2. The first-order valence-electron chi connectivity index (χ1n) is 16.1. The summed E-state index contributed by atoms with van der Waals surface area (Å²) in [6.45, 7) is 12.9. The lowest BCUT2D eigenvalue weighted by Crippen LogP contribution is -2.78. The van der Waals surface area contributed by atoms with Gasteiger partial charge in [0.1, 0.15) is 12.2 Å². The van der Waals surface area contributed by atoms with Crippen LogP contribution in [0.15, 0.2) is 54.6 Å². The van der Waals surface area contributed by atoms with Crippen molar-refractivity contribution in [1.29, 1.82) is 0 Å². The van der Waals surface area contributed by atoms with Gasteiger partial charge in [0.15, 0.2) is 6.10 Å². The van der Waals surface area contributed by atoms with E-state index in [0.717, 1.165) is 18.1 Å². The van der Waals surface area contributed by atoms with Crippen LogP contribution in [0.4, 0.5) is 0 Å². The van der Waals surface area contributed by atoms with Crippen molar-refractivity contribution in [3.63, 3.8) is 0 Å². The average Bonchev–Trinajstić information content (AvgIpc) is 3.25. The van der Waals surface area contributed by atoms with Crippen molar-refractivity contribution >= 4 is 29.8 Å². The van der Waals surface area contributed by atoms with Gasteiger partial charge >= 0.3 is 29.8 Å². The van der Waals surface area contributed by atoms with Crippen LogP contribution < -0.4 is 0 Å². The first kappa shape index (κ1) is 39.3. The Labute approximate surface area is 284 Å². The molecule has 270 valence electrons. The predicted octanol–water partition coefficient (Wildman–Crippen LogP) is 2.88. The molecule has 0 unspecified atom stereocenters. The number of benzene rings is 1. The Bertz CT molecular complexity index is 1440. The zero-order chi connectivity index (χ0) is 36.9. The minimum atomic E-state index is -3.90. The van der Waals surface area contributed by atoms with Crippen LogP contribution in [0.5, 0.6) is 0 Å². The normalized spacial score (nSPS) is 30.1. The van der Waals surface area contributed by atoms with Gasteiger partial charge in [0.2, 0.25) is 23.1 Å². The van der Waals surface area contributed by atoms with Gasteiger partial charge in [-0.2, -0.15) is 0 Å².